The summed E-state index contributed by atoms with van der Waals surface area (Å²) in [7, 11) is 1.42. The Bertz CT molecular complexity index is 812. The van der Waals surface area contributed by atoms with E-state index in [0.29, 0.717) is 24.7 Å². The van der Waals surface area contributed by atoms with Gasteiger partial charge in [0, 0.05) is 30.4 Å². The maximum atomic E-state index is 12.3. The predicted octanol–water partition coefficient (Wildman–Crippen LogP) is 1.77. The molecule has 1 aromatic carbocycles. The molecule has 0 atom stereocenters. The average molecular weight is 354 g/mol. The molecule has 26 heavy (non-hydrogen) atoms. The molecule has 0 amide bonds. The monoisotopic (exact) mass is 354 g/mol. The molecular weight excluding hydrogens is 332 g/mol. The molecule has 2 aliphatic rings. The second kappa shape index (κ2) is 6.57. The van der Waals surface area contributed by atoms with Gasteiger partial charge in [-0.3, -0.25) is 4.79 Å². The van der Waals surface area contributed by atoms with E-state index < -0.39 is 5.41 Å². The van der Waals surface area contributed by atoms with Gasteiger partial charge < -0.3 is 20.1 Å². The van der Waals surface area contributed by atoms with E-state index in [0.717, 1.165) is 43.0 Å². The van der Waals surface area contributed by atoms with E-state index in [1.165, 1.54) is 7.11 Å². The standard InChI is InChI=1S/C19H22N4O3/c1-25-18(24)19(6-7-19)15-12-16(23-8-10-26-11-9-23)22-17(21-15)13-2-4-14(20)5-3-13/h2-5,12H,6-11,20H2,1H3. The van der Waals surface area contributed by atoms with Crippen molar-refractivity contribution >= 4 is 17.5 Å². The molecule has 2 heterocycles. The number of hydrogen-bond donors (Lipinski definition) is 1. The van der Waals surface area contributed by atoms with Gasteiger partial charge in [-0.15, -0.1) is 0 Å². The lowest BCUT2D eigenvalue weighted by Crippen LogP contribution is -2.37. The number of nitrogens with two attached hydrogens (primary N) is 1. The summed E-state index contributed by atoms with van der Waals surface area (Å²) in [5, 5.41) is 0. The van der Waals surface area contributed by atoms with Crippen molar-refractivity contribution in [3.63, 3.8) is 0 Å². The first-order valence-corrected chi connectivity index (χ1v) is 8.79. The van der Waals surface area contributed by atoms with Gasteiger partial charge in [0.2, 0.25) is 0 Å². The molecule has 7 nitrogen and oxygen atoms in total. The van der Waals surface area contributed by atoms with E-state index in [9.17, 15) is 4.79 Å². The summed E-state index contributed by atoms with van der Waals surface area (Å²) in [5.74, 6) is 1.19. The van der Waals surface area contributed by atoms with Gasteiger partial charge in [0.25, 0.3) is 0 Å². The molecule has 2 aromatic rings. The minimum Gasteiger partial charge on any atom is -0.468 e. The quantitative estimate of drug-likeness (QED) is 0.661. The normalized spacial score (nSPS) is 18.4. The minimum atomic E-state index is -0.638. The van der Waals surface area contributed by atoms with Crippen LogP contribution in [0.25, 0.3) is 11.4 Å². The van der Waals surface area contributed by atoms with Crippen LogP contribution in [-0.4, -0.2) is 49.4 Å². The van der Waals surface area contributed by atoms with Crippen molar-refractivity contribution in [3.8, 4) is 11.4 Å². The lowest BCUT2D eigenvalue weighted by Gasteiger charge is -2.28. The molecule has 1 aliphatic heterocycles. The summed E-state index contributed by atoms with van der Waals surface area (Å²) in [5.41, 5.74) is 7.44. The van der Waals surface area contributed by atoms with E-state index in [1.807, 2.05) is 30.3 Å². The third kappa shape index (κ3) is 2.99. The SMILES string of the molecule is COC(=O)C1(c2cc(N3CCOCC3)nc(-c3ccc(N)cc3)n2)CC1. The minimum absolute atomic E-state index is 0.229. The van der Waals surface area contributed by atoms with Gasteiger partial charge in [-0.2, -0.15) is 0 Å². The first kappa shape index (κ1) is 16.8. The third-order valence-corrected chi connectivity index (χ3v) is 5.03. The number of rotatable bonds is 4. The van der Waals surface area contributed by atoms with Crippen LogP contribution in [0.5, 0.6) is 0 Å². The fourth-order valence-corrected chi connectivity index (χ4v) is 3.28. The molecule has 0 bridgehead atoms. The van der Waals surface area contributed by atoms with E-state index in [-0.39, 0.29) is 5.97 Å². The van der Waals surface area contributed by atoms with Crippen molar-refractivity contribution in [1.29, 1.82) is 0 Å². The summed E-state index contributed by atoms with van der Waals surface area (Å²) >= 11 is 0. The summed E-state index contributed by atoms with van der Waals surface area (Å²) in [6, 6.07) is 9.38. The maximum absolute atomic E-state index is 12.3. The number of methoxy groups -OCH3 is 1. The smallest absolute Gasteiger partial charge is 0.317 e. The van der Waals surface area contributed by atoms with Crippen LogP contribution in [0, 0.1) is 0 Å². The molecule has 7 heteroatoms. The Hall–Kier alpha value is -2.67. The highest BCUT2D eigenvalue weighted by Crippen LogP contribution is 2.49. The Morgan fingerprint density at radius 3 is 2.50 bits per heavy atom. The number of carbonyl (C=O) groups is 1. The van der Waals surface area contributed by atoms with Gasteiger partial charge in [0.05, 0.1) is 26.0 Å². The van der Waals surface area contributed by atoms with Gasteiger partial charge >= 0.3 is 5.97 Å². The van der Waals surface area contributed by atoms with Crippen molar-refractivity contribution in [1.82, 2.24) is 9.97 Å². The van der Waals surface area contributed by atoms with Gasteiger partial charge in [-0.05, 0) is 37.1 Å². The van der Waals surface area contributed by atoms with Crippen molar-refractivity contribution in [2.45, 2.75) is 18.3 Å². The van der Waals surface area contributed by atoms with Crippen molar-refractivity contribution < 1.29 is 14.3 Å². The molecule has 4 rings (SSSR count). The second-order valence-corrected chi connectivity index (χ2v) is 6.73. The second-order valence-electron chi connectivity index (χ2n) is 6.73. The fourth-order valence-electron chi connectivity index (χ4n) is 3.28. The van der Waals surface area contributed by atoms with Crippen LogP contribution in [-0.2, 0) is 19.7 Å². The molecule has 1 aliphatic carbocycles. The summed E-state index contributed by atoms with van der Waals surface area (Å²) in [4.78, 5) is 24.0. The topological polar surface area (TPSA) is 90.6 Å². The molecule has 0 spiro atoms. The van der Waals surface area contributed by atoms with Crippen molar-refractivity contribution in [2.75, 3.05) is 44.0 Å². The number of ether oxygens (including phenoxy) is 2. The molecule has 136 valence electrons. The van der Waals surface area contributed by atoms with Crippen LogP contribution < -0.4 is 10.6 Å². The highest BCUT2D eigenvalue weighted by atomic mass is 16.5. The highest BCUT2D eigenvalue weighted by molar-refractivity contribution is 5.86. The van der Waals surface area contributed by atoms with Crippen LogP contribution in [0.15, 0.2) is 30.3 Å². The van der Waals surface area contributed by atoms with Crippen molar-refractivity contribution in [3.05, 3.63) is 36.0 Å². The molecule has 0 radical (unpaired) electrons. The van der Waals surface area contributed by atoms with Gasteiger partial charge in [-0.25, -0.2) is 9.97 Å². The largest absolute Gasteiger partial charge is 0.468 e. The summed E-state index contributed by atoms with van der Waals surface area (Å²) in [6.07, 6.45) is 1.50. The zero-order valence-electron chi connectivity index (χ0n) is 14.8. The number of nitrogen functional groups attached to an aromatic ring is 1. The zero-order chi connectivity index (χ0) is 18.1. The van der Waals surface area contributed by atoms with Crippen LogP contribution in [0.4, 0.5) is 11.5 Å². The van der Waals surface area contributed by atoms with E-state index in [4.69, 9.17) is 25.2 Å². The number of nitrogens with zero attached hydrogens (tertiary/aromatic N) is 3. The molecule has 1 aromatic heterocycles. The van der Waals surface area contributed by atoms with Gasteiger partial charge in [0.15, 0.2) is 5.82 Å². The summed E-state index contributed by atoms with van der Waals surface area (Å²) in [6.45, 7) is 2.86. The first-order valence-electron chi connectivity index (χ1n) is 8.79. The Balaban J connectivity index is 1.79. The van der Waals surface area contributed by atoms with Crippen LogP contribution in [0.2, 0.25) is 0 Å². The number of aromatic nitrogens is 2. The molecule has 2 fully saturated rings. The van der Waals surface area contributed by atoms with Crippen LogP contribution in [0.1, 0.15) is 18.5 Å². The number of morpholine rings is 1. The molecule has 1 saturated heterocycles. The third-order valence-electron chi connectivity index (χ3n) is 5.03. The lowest BCUT2D eigenvalue weighted by molar-refractivity contribution is -0.143. The van der Waals surface area contributed by atoms with E-state index >= 15 is 0 Å². The van der Waals surface area contributed by atoms with Gasteiger partial charge in [-0.1, -0.05) is 0 Å². The number of esters is 1. The molecule has 1 saturated carbocycles. The maximum Gasteiger partial charge on any atom is 0.317 e. The van der Waals surface area contributed by atoms with E-state index in [1.54, 1.807) is 0 Å². The molecular formula is C19H22N4O3. The zero-order valence-corrected chi connectivity index (χ0v) is 14.8. The number of carbonyl (C=O) groups excluding carboxylic acids is 1. The Kier molecular flexibility index (Phi) is 4.24. The lowest BCUT2D eigenvalue weighted by atomic mass is 10.0. The Morgan fingerprint density at radius 1 is 1.19 bits per heavy atom. The number of benzene rings is 1. The van der Waals surface area contributed by atoms with Crippen molar-refractivity contribution in [2.24, 2.45) is 0 Å². The highest BCUT2D eigenvalue weighted by Gasteiger charge is 2.54. The van der Waals surface area contributed by atoms with E-state index in [2.05, 4.69) is 4.90 Å². The van der Waals surface area contributed by atoms with Gasteiger partial charge in [0.1, 0.15) is 11.2 Å². The Labute approximate surface area is 152 Å². The van der Waals surface area contributed by atoms with Crippen LogP contribution >= 0.6 is 0 Å². The number of anilines is 2. The predicted molar refractivity (Wildman–Crippen MR) is 97.8 cm³/mol. The average Bonchev–Trinajstić information content (AvgIpc) is 3.50. The molecule has 2 N–H and O–H groups in total. The Morgan fingerprint density at radius 2 is 1.88 bits per heavy atom. The van der Waals surface area contributed by atoms with Crippen LogP contribution in [0.3, 0.4) is 0 Å². The fraction of sp³-hybridized carbons (Fsp3) is 0.421. The first-order chi connectivity index (χ1) is 12.6. The molecule has 0 unspecified atom stereocenters. The summed E-state index contributed by atoms with van der Waals surface area (Å²) < 4.78 is 10.5. The number of hydrogen-bond acceptors (Lipinski definition) is 7.